The summed E-state index contributed by atoms with van der Waals surface area (Å²) in [7, 11) is 0. The van der Waals surface area contributed by atoms with Crippen LogP contribution in [-0.2, 0) is 5.41 Å². The van der Waals surface area contributed by atoms with Crippen LogP contribution in [-0.4, -0.2) is 11.2 Å². The topological polar surface area (TPSA) is 20.2 Å². The van der Waals surface area contributed by atoms with Crippen molar-refractivity contribution in [1.29, 1.82) is 0 Å². The predicted molar refractivity (Wildman–Crippen MR) is 58.8 cm³/mol. The Bertz CT molecular complexity index is 353. The van der Waals surface area contributed by atoms with Crippen LogP contribution in [0.25, 0.3) is 0 Å². The van der Waals surface area contributed by atoms with E-state index in [1.54, 1.807) is 0 Å². The molecule has 1 unspecified atom stereocenters. The normalized spacial score (nSPS) is 20.6. The molecule has 1 saturated carbocycles. The van der Waals surface area contributed by atoms with Gasteiger partial charge in [-0.15, -0.1) is 0 Å². The fourth-order valence-corrected chi connectivity index (χ4v) is 2.37. The fraction of sp³-hybridized carbons (Fsp3) is 0.500. The Morgan fingerprint density at radius 3 is 2.57 bits per heavy atom. The molecule has 0 heterocycles. The summed E-state index contributed by atoms with van der Waals surface area (Å²) in [6, 6.07) is 5.95. The first-order valence-electron chi connectivity index (χ1n) is 5.01. The molecule has 1 fully saturated rings. The monoisotopic (exact) mass is 210 g/mol. The lowest BCUT2D eigenvalue weighted by Gasteiger charge is -2.21. The minimum absolute atomic E-state index is 0.00498. The summed E-state index contributed by atoms with van der Waals surface area (Å²) in [5.41, 5.74) is 2.34. The van der Waals surface area contributed by atoms with E-state index in [2.05, 4.69) is 6.07 Å². The Morgan fingerprint density at radius 1 is 1.43 bits per heavy atom. The van der Waals surface area contributed by atoms with E-state index in [9.17, 15) is 5.11 Å². The molecule has 1 atom stereocenters. The number of rotatable bonds is 2. The summed E-state index contributed by atoms with van der Waals surface area (Å²) < 4.78 is 0. The molecule has 1 N–H and O–H groups in total. The highest BCUT2D eigenvalue weighted by Gasteiger charge is 2.49. The van der Waals surface area contributed by atoms with Gasteiger partial charge in [-0.25, -0.2) is 0 Å². The Labute approximate surface area is 89.7 Å². The van der Waals surface area contributed by atoms with Gasteiger partial charge in [0.1, 0.15) is 0 Å². The van der Waals surface area contributed by atoms with Crippen molar-refractivity contribution in [2.24, 2.45) is 0 Å². The zero-order valence-corrected chi connectivity index (χ0v) is 9.30. The molecular weight excluding hydrogens is 196 g/mol. The summed E-state index contributed by atoms with van der Waals surface area (Å²) in [6.45, 7) is 3.90. The SMILES string of the molecule is Cc1c(Cl)cccc1C1(C(C)O)CC1. The minimum atomic E-state index is -0.278. The first kappa shape index (κ1) is 10.0. The quantitative estimate of drug-likeness (QED) is 0.796. The Kier molecular flexibility index (Phi) is 2.32. The number of halogens is 1. The predicted octanol–water partition coefficient (Wildman–Crippen LogP) is 3.06. The van der Waals surface area contributed by atoms with Crippen LogP contribution < -0.4 is 0 Å². The lowest BCUT2D eigenvalue weighted by atomic mass is 9.88. The molecule has 2 heteroatoms. The van der Waals surface area contributed by atoms with Gasteiger partial charge in [-0.1, -0.05) is 23.7 Å². The maximum absolute atomic E-state index is 9.77. The van der Waals surface area contributed by atoms with Crippen LogP contribution in [0.4, 0.5) is 0 Å². The molecule has 1 aromatic carbocycles. The van der Waals surface area contributed by atoms with Gasteiger partial charge < -0.3 is 5.11 Å². The second-order valence-corrected chi connectivity index (χ2v) is 4.65. The molecule has 0 radical (unpaired) electrons. The van der Waals surface area contributed by atoms with Crippen LogP contribution in [0, 0.1) is 6.92 Å². The summed E-state index contributed by atoms with van der Waals surface area (Å²) in [4.78, 5) is 0. The lowest BCUT2D eigenvalue weighted by Crippen LogP contribution is -2.23. The van der Waals surface area contributed by atoms with Gasteiger partial charge in [0, 0.05) is 10.4 Å². The first-order valence-corrected chi connectivity index (χ1v) is 5.39. The average Bonchev–Trinajstić information content (AvgIpc) is 2.90. The van der Waals surface area contributed by atoms with E-state index in [0.717, 1.165) is 23.4 Å². The maximum atomic E-state index is 9.77. The standard InChI is InChI=1S/C12H15ClO/c1-8-10(4-3-5-11(8)13)12(6-7-12)9(2)14/h3-5,9,14H,6-7H2,1-2H3. The van der Waals surface area contributed by atoms with Crippen molar-refractivity contribution >= 4 is 11.6 Å². The van der Waals surface area contributed by atoms with E-state index < -0.39 is 0 Å². The van der Waals surface area contributed by atoms with Gasteiger partial charge in [0.05, 0.1) is 6.10 Å². The van der Waals surface area contributed by atoms with Crippen LogP contribution >= 0.6 is 11.6 Å². The molecule has 0 amide bonds. The molecule has 0 aliphatic heterocycles. The first-order chi connectivity index (χ1) is 6.58. The Balaban J connectivity index is 2.47. The fourth-order valence-electron chi connectivity index (χ4n) is 2.19. The van der Waals surface area contributed by atoms with Gasteiger partial charge in [-0.3, -0.25) is 0 Å². The largest absolute Gasteiger partial charge is 0.392 e. The molecule has 0 bridgehead atoms. The molecule has 0 aromatic heterocycles. The van der Waals surface area contributed by atoms with E-state index in [-0.39, 0.29) is 11.5 Å². The zero-order valence-electron chi connectivity index (χ0n) is 8.55. The van der Waals surface area contributed by atoms with Crippen molar-refractivity contribution in [3.63, 3.8) is 0 Å². The van der Waals surface area contributed by atoms with E-state index in [0.29, 0.717) is 0 Å². The number of hydrogen-bond donors (Lipinski definition) is 1. The summed E-state index contributed by atoms with van der Waals surface area (Å²) in [6.07, 6.45) is 1.87. The highest BCUT2D eigenvalue weighted by molar-refractivity contribution is 6.31. The third-order valence-corrected chi connectivity index (χ3v) is 3.80. The van der Waals surface area contributed by atoms with Crippen molar-refractivity contribution in [1.82, 2.24) is 0 Å². The van der Waals surface area contributed by atoms with Gasteiger partial charge >= 0.3 is 0 Å². The van der Waals surface area contributed by atoms with E-state index >= 15 is 0 Å². The molecule has 2 rings (SSSR count). The number of hydrogen-bond acceptors (Lipinski definition) is 1. The van der Waals surface area contributed by atoms with Crippen LogP contribution in [0.2, 0.25) is 5.02 Å². The molecular formula is C12H15ClO. The van der Waals surface area contributed by atoms with Gasteiger partial charge in [0.2, 0.25) is 0 Å². The third kappa shape index (κ3) is 1.35. The van der Waals surface area contributed by atoms with Gasteiger partial charge in [0.25, 0.3) is 0 Å². The van der Waals surface area contributed by atoms with Crippen molar-refractivity contribution in [3.05, 3.63) is 34.3 Å². The number of benzene rings is 1. The van der Waals surface area contributed by atoms with Crippen LogP contribution in [0.3, 0.4) is 0 Å². The molecule has 1 nitrogen and oxygen atoms in total. The Hall–Kier alpha value is -0.530. The summed E-state index contributed by atoms with van der Waals surface area (Å²) >= 11 is 6.07. The van der Waals surface area contributed by atoms with Gasteiger partial charge in [-0.2, -0.15) is 0 Å². The molecule has 1 aliphatic carbocycles. The number of aliphatic hydroxyl groups excluding tert-OH is 1. The number of aliphatic hydroxyl groups is 1. The van der Waals surface area contributed by atoms with Crippen molar-refractivity contribution in [3.8, 4) is 0 Å². The third-order valence-electron chi connectivity index (χ3n) is 3.39. The second-order valence-electron chi connectivity index (χ2n) is 4.24. The molecule has 14 heavy (non-hydrogen) atoms. The van der Waals surface area contributed by atoms with E-state index in [1.165, 1.54) is 5.56 Å². The van der Waals surface area contributed by atoms with Crippen molar-refractivity contribution < 1.29 is 5.11 Å². The van der Waals surface area contributed by atoms with Gasteiger partial charge in [0.15, 0.2) is 0 Å². The van der Waals surface area contributed by atoms with Gasteiger partial charge in [-0.05, 0) is 43.9 Å². The molecule has 76 valence electrons. The van der Waals surface area contributed by atoms with Crippen molar-refractivity contribution in [2.75, 3.05) is 0 Å². The Morgan fingerprint density at radius 2 is 2.07 bits per heavy atom. The second kappa shape index (κ2) is 3.25. The van der Waals surface area contributed by atoms with Crippen LogP contribution in [0.1, 0.15) is 30.9 Å². The van der Waals surface area contributed by atoms with Crippen LogP contribution in [0.5, 0.6) is 0 Å². The maximum Gasteiger partial charge on any atom is 0.0608 e. The zero-order chi connectivity index (χ0) is 10.3. The summed E-state index contributed by atoms with van der Waals surface area (Å²) in [5.74, 6) is 0. The smallest absolute Gasteiger partial charge is 0.0608 e. The summed E-state index contributed by atoms with van der Waals surface area (Å²) in [5, 5.41) is 10.6. The molecule has 0 saturated heterocycles. The molecule has 1 aromatic rings. The average molecular weight is 211 g/mol. The molecule has 0 spiro atoms. The lowest BCUT2D eigenvalue weighted by molar-refractivity contribution is 0.150. The van der Waals surface area contributed by atoms with Crippen LogP contribution in [0.15, 0.2) is 18.2 Å². The highest BCUT2D eigenvalue weighted by Crippen LogP contribution is 2.52. The molecule has 1 aliphatic rings. The van der Waals surface area contributed by atoms with E-state index in [4.69, 9.17) is 11.6 Å². The van der Waals surface area contributed by atoms with E-state index in [1.807, 2.05) is 26.0 Å². The van der Waals surface area contributed by atoms with Crippen molar-refractivity contribution in [2.45, 2.75) is 38.2 Å². The minimum Gasteiger partial charge on any atom is -0.392 e. The highest BCUT2D eigenvalue weighted by atomic mass is 35.5.